The molecule has 0 saturated heterocycles. The number of nitrogen functional groups attached to an aromatic ring is 1. The molecular formula is C23H20N4O2S. The Morgan fingerprint density at radius 1 is 1.03 bits per heavy atom. The predicted octanol–water partition coefficient (Wildman–Crippen LogP) is 4.09. The van der Waals surface area contributed by atoms with Crippen LogP contribution in [0.15, 0.2) is 88.8 Å². The van der Waals surface area contributed by atoms with Crippen LogP contribution in [0.4, 0.5) is 11.5 Å². The molecule has 1 amide bonds. The fourth-order valence-corrected chi connectivity index (χ4v) is 4.12. The molecule has 0 aliphatic rings. The second-order valence-electron chi connectivity index (χ2n) is 6.75. The number of thioether (sulfide) groups is 1. The van der Waals surface area contributed by atoms with Crippen LogP contribution in [0.1, 0.15) is 6.92 Å². The molecule has 0 saturated carbocycles. The average molecular weight is 417 g/mol. The number of nitrogens with zero attached hydrogens (tertiary/aromatic N) is 2. The standard InChI is InChI=1S/C23H20N4O2S/c1-15(22(29)25-19-13-7-9-16-8-5-6-12-18(16)19)30-23-26-21(28)14-20(24)27(23)17-10-3-2-4-11-17/h2-15H,24H2,1H3,(H,25,29). The third-order valence-corrected chi connectivity index (χ3v) is 5.69. The fraction of sp³-hybridized carbons (Fsp3) is 0.0870. The number of amides is 1. The van der Waals surface area contributed by atoms with Gasteiger partial charge in [0, 0.05) is 22.8 Å². The molecule has 0 bridgehead atoms. The lowest BCUT2D eigenvalue weighted by Crippen LogP contribution is -2.24. The number of fused-ring (bicyclic) bond motifs is 1. The Morgan fingerprint density at radius 2 is 1.73 bits per heavy atom. The van der Waals surface area contributed by atoms with Crippen molar-refractivity contribution in [3.05, 3.63) is 89.2 Å². The molecule has 4 rings (SSSR count). The van der Waals surface area contributed by atoms with Gasteiger partial charge in [0.05, 0.1) is 5.25 Å². The van der Waals surface area contributed by atoms with Gasteiger partial charge in [-0.1, -0.05) is 66.4 Å². The summed E-state index contributed by atoms with van der Waals surface area (Å²) in [6.07, 6.45) is 0. The maximum Gasteiger partial charge on any atom is 0.275 e. The Hall–Kier alpha value is -3.58. The van der Waals surface area contributed by atoms with Gasteiger partial charge in [0.25, 0.3) is 5.56 Å². The Morgan fingerprint density at radius 3 is 2.53 bits per heavy atom. The van der Waals surface area contributed by atoms with Crippen molar-refractivity contribution < 1.29 is 4.79 Å². The van der Waals surface area contributed by atoms with E-state index in [1.807, 2.05) is 72.8 Å². The van der Waals surface area contributed by atoms with E-state index in [0.29, 0.717) is 5.16 Å². The number of para-hydroxylation sites is 1. The lowest BCUT2D eigenvalue weighted by molar-refractivity contribution is -0.115. The number of benzene rings is 3. The van der Waals surface area contributed by atoms with E-state index in [1.54, 1.807) is 11.5 Å². The molecule has 1 atom stereocenters. The summed E-state index contributed by atoms with van der Waals surface area (Å²) in [7, 11) is 0. The van der Waals surface area contributed by atoms with Crippen molar-refractivity contribution in [3.63, 3.8) is 0 Å². The van der Waals surface area contributed by atoms with Crippen LogP contribution in [-0.2, 0) is 4.79 Å². The third-order valence-electron chi connectivity index (χ3n) is 4.64. The zero-order valence-electron chi connectivity index (χ0n) is 16.3. The summed E-state index contributed by atoms with van der Waals surface area (Å²) in [4.78, 5) is 29.0. The third kappa shape index (κ3) is 4.06. The number of carbonyl (C=O) groups is 1. The summed E-state index contributed by atoms with van der Waals surface area (Å²) >= 11 is 1.19. The monoisotopic (exact) mass is 416 g/mol. The molecular weight excluding hydrogens is 396 g/mol. The van der Waals surface area contributed by atoms with E-state index in [0.717, 1.165) is 22.1 Å². The summed E-state index contributed by atoms with van der Waals surface area (Å²) in [5.41, 5.74) is 7.17. The van der Waals surface area contributed by atoms with Crippen molar-refractivity contribution in [2.45, 2.75) is 17.3 Å². The summed E-state index contributed by atoms with van der Waals surface area (Å²) in [6, 6.07) is 24.3. The van der Waals surface area contributed by atoms with E-state index >= 15 is 0 Å². The highest BCUT2D eigenvalue weighted by molar-refractivity contribution is 8.00. The van der Waals surface area contributed by atoms with Gasteiger partial charge >= 0.3 is 0 Å². The van der Waals surface area contributed by atoms with Crippen LogP contribution in [0.25, 0.3) is 16.5 Å². The molecule has 0 fully saturated rings. The number of anilines is 2. The van der Waals surface area contributed by atoms with Gasteiger partial charge in [-0.05, 0) is 30.5 Å². The van der Waals surface area contributed by atoms with Crippen LogP contribution < -0.4 is 16.6 Å². The minimum atomic E-state index is -0.507. The first kappa shape index (κ1) is 19.7. The highest BCUT2D eigenvalue weighted by Gasteiger charge is 2.20. The van der Waals surface area contributed by atoms with Crippen molar-refractivity contribution in [2.24, 2.45) is 0 Å². The molecule has 1 unspecified atom stereocenters. The number of aromatic nitrogens is 2. The second-order valence-corrected chi connectivity index (χ2v) is 8.06. The summed E-state index contributed by atoms with van der Waals surface area (Å²) in [5, 5.41) is 4.86. The van der Waals surface area contributed by atoms with E-state index < -0.39 is 10.8 Å². The highest BCUT2D eigenvalue weighted by Crippen LogP contribution is 2.28. The topological polar surface area (TPSA) is 90.0 Å². The Bertz CT molecular complexity index is 1270. The molecule has 7 heteroatoms. The summed E-state index contributed by atoms with van der Waals surface area (Å²) in [6.45, 7) is 1.77. The lowest BCUT2D eigenvalue weighted by Gasteiger charge is -2.18. The van der Waals surface area contributed by atoms with Crippen LogP contribution in [0.3, 0.4) is 0 Å². The number of carbonyl (C=O) groups excluding carboxylic acids is 1. The van der Waals surface area contributed by atoms with Crippen molar-refractivity contribution >= 4 is 39.9 Å². The van der Waals surface area contributed by atoms with Gasteiger partial charge in [0.15, 0.2) is 5.16 Å². The van der Waals surface area contributed by atoms with E-state index in [-0.39, 0.29) is 11.7 Å². The molecule has 0 radical (unpaired) electrons. The lowest BCUT2D eigenvalue weighted by atomic mass is 10.1. The number of rotatable bonds is 5. The average Bonchev–Trinajstić information content (AvgIpc) is 2.74. The first-order valence-corrected chi connectivity index (χ1v) is 10.3. The number of nitrogens with one attached hydrogen (secondary N) is 1. The molecule has 4 aromatic rings. The number of hydrogen-bond donors (Lipinski definition) is 2. The van der Waals surface area contributed by atoms with Crippen molar-refractivity contribution in [2.75, 3.05) is 11.1 Å². The molecule has 0 aliphatic carbocycles. The molecule has 0 aliphatic heterocycles. The zero-order chi connectivity index (χ0) is 21.1. The van der Waals surface area contributed by atoms with E-state index in [4.69, 9.17) is 5.73 Å². The van der Waals surface area contributed by atoms with Crippen LogP contribution in [0, 0.1) is 0 Å². The van der Waals surface area contributed by atoms with E-state index in [1.165, 1.54) is 17.8 Å². The summed E-state index contributed by atoms with van der Waals surface area (Å²) in [5.74, 6) is 0.0815. The highest BCUT2D eigenvalue weighted by atomic mass is 32.2. The minimum absolute atomic E-state index is 0.187. The van der Waals surface area contributed by atoms with E-state index in [9.17, 15) is 9.59 Å². The quantitative estimate of drug-likeness (QED) is 0.378. The smallest absolute Gasteiger partial charge is 0.275 e. The SMILES string of the molecule is CC(Sc1nc(=O)cc(N)n1-c1ccccc1)C(=O)Nc1cccc2ccccc12. The first-order chi connectivity index (χ1) is 14.5. The largest absolute Gasteiger partial charge is 0.385 e. The van der Waals surface area contributed by atoms with Gasteiger partial charge in [-0.2, -0.15) is 4.98 Å². The van der Waals surface area contributed by atoms with Gasteiger partial charge < -0.3 is 11.1 Å². The predicted molar refractivity (Wildman–Crippen MR) is 122 cm³/mol. The molecule has 150 valence electrons. The maximum atomic E-state index is 12.9. The van der Waals surface area contributed by atoms with E-state index in [2.05, 4.69) is 10.3 Å². The minimum Gasteiger partial charge on any atom is -0.385 e. The number of nitrogens with two attached hydrogens (primary N) is 1. The number of hydrogen-bond acceptors (Lipinski definition) is 5. The molecule has 3 aromatic carbocycles. The first-order valence-electron chi connectivity index (χ1n) is 9.43. The second kappa shape index (κ2) is 8.42. The van der Waals surface area contributed by atoms with Crippen molar-refractivity contribution in [1.29, 1.82) is 0 Å². The fourth-order valence-electron chi connectivity index (χ4n) is 3.17. The van der Waals surface area contributed by atoms with Crippen LogP contribution in [0.5, 0.6) is 0 Å². The maximum absolute atomic E-state index is 12.9. The Labute approximate surface area is 177 Å². The van der Waals surface area contributed by atoms with Crippen LogP contribution in [0.2, 0.25) is 0 Å². The van der Waals surface area contributed by atoms with Crippen LogP contribution >= 0.6 is 11.8 Å². The van der Waals surface area contributed by atoms with Gasteiger partial charge in [0.1, 0.15) is 5.82 Å². The summed E-state index contributed by atoms with van der Waals surface area (Å²) < 4.78 is 1.67. The van der Waals surface area contributed by atoms with Gasteiger partial charge in [-0.15, -0.1) is 0 Å². The van der Waals surface area contributed by atoms with Gasteiger partial charge in [0.2, 0.25) is 5.91 Å². The zero-order valence-corrected chi connectivity index (χ0v) is 17.1. The van der Waals surface area contributed by atoms with Gasteiger partial charge in [-0.3, -0.25) is 14.2 Å². The Kier molecular flexibility index (Phi) is 5.54. The molecule has 6 nitrogen and oxygen atoms in total. The van der Waals surface area contributed by atoms with Crippen LogP contribution in [-0.4, -0.2) is 20.7 Å². The molecule has 3 N–H and O–H groups in total. The van der Waals surface area contributed by atoms with Crippen molar-refractivity contribution in [1.82, 2.24) is 9.55 Å². The normalized spacial score (nSPS) is 11.9. The molecule has 1 heterocycles. The Balaban J connectivity index is 1.62. The van der Waals surface area contributed by atoms with Gasteiger partial charge in [-0.25, -0.2) is 0 Å². The van der Waals surface area contributed by atoms with Crippen molar-refractivity contribution in [3.8, 4) is 5.69 Å². The molecule has 30 heavy (non-hydrogen) atoms. The molecule has 1 aromatic heterocycles. The molecule has 0 spiro atoms.